The van der Waals surface area contributed by atoms with E-state index in [1.807, 2.05) is 12.1 Å². The van der Waals surface area contributed by atoms with Crippen molar-refractivity contribution in [2.45, 2.75) is 17.7 Å². The van der Waals surface area contributed by atoms with Crippen molar-refractivity contribution < 1.29 is 0 Å². The van der Waals surface area contributed by atoms with Crippen molar-refractivity contribution >= 4 is 29.3 Å². The first-order valence-corrected chi connectivity index (χ1v) is 9.02. The molecule has 0 radical (unpaired) electrons. The molecule has 3 N–H and O–H groups in total. The summed E-state index contributed by atoms with van der Waals surface area (Å²) in [6, 6.07) is 8.29. The molecule has 0 atom stereocenters. The Morgan fingerprint density at radius 3 is 2.50 bits per heavy atom. The molecule has 24 heavy (non-hydrogen) atoms. The van der Waals surface area contributed by atoms with Gasteiger partial charge in [-0.25, -0.2) is 14.3 Å². The summed E-state index contributed by atoms with van der Waals surface area (Å²) in [6.45, 7) is 4.74. The first-order chi connectivity index (χ1) is 11.7. The van der Waals surface area contributed by atoms with Gasteiger partial charge in [-0.05, 0) is 69.2 Å². The van der Waals surface area contributed by atoms with Gasteiger partial charge in [0.15, 0.2) is 0 Å². The molecule has 1 saturated heterocycles. The third kappa shape index (κ3) is 5.09. The molecule has 0 spiro atoms. The fourth-order valence-electron chi connectivity index (χ4n) is 2.64. The Morgan fingerprint density at radius 1 is 1.17 bits per heavy atom. The van der Waals surface area contributed by atoms with E-state index in [9.17, 15) is 0 Å². The Bertz CT molecular complexity index is 625. The van der Waals surface area contributed by atoms with E-state index in [4.69, 9.17) is 5.73 Å². The van der Waals surface area contributed by atoms with Crippen LogP contribution in [0, 0.1) is 0 Å². The Hall–Kier alpha value is -1.83. The van der Waals surface area contributed by atoms with Crippen molar-refractivity contribution in [1.29, 1.82) is 0 Å². The molecule has 0 unspecified atom stereocenters. The monoisotopic (exact) mass is 344 g/mol. The zero-order chi connectivity index (χ0) is 16.8. The maximum atomic E-state index is 5.59. The van der Waals surface area contributed by atoms with Gasteiger partial charge in [0.25, 0.3) is 0 Å². The van der Waals surface area contributed by atoms with Crippen LogP contribution in [-0.2, 0) is 0 Å². The number of nitrogens with zero attached hydrogens (tertiary/aromatic N) is 4. The van der Waals surface area contributed by atoms with Crippen molar-refractivity contribution in [1.82, 2.24) is 19.2 Å². The molecular formula is C17H24N6S. The minimum atomic E-state index is 0.548. The number of benzene rings is 1. The van der Waals surface area contributed by atoms with Crippen molar-refractivity contribution in [3.63, 3.8) is 0 Å². The number of likely N-dealkylation sites (N-methyl/N-ethyl adjacent to an activating group) is 1. The number of hydrogen-bond acceptors (Lipinski definition) is 7. The molecule has 1 aromatic carbocycles. The minimum absolute atomic E-state index is 0.548. The summed E-state index contributed by atoms with van der Waals surface area (Å²) in [6.07, 6.45) is 5.88. The largest absolute Gasteiger partial charge is 0.396 e. The second kappa shape index (κ2) is 8.32. The van der Waals surface area contributed by atoms with Crippen LogP contribution in [0.4, 0.5) is 17.3 Å². The van der Waals surface area contributed by atoms with Gasteiger partial charge in [0.1, 0.15) is 0 Å². The number of anilines is 3. The molecule has 3 rings (SSSR count). The SMILES string of the molecule is CN(CCN1CCCC1)Sc1ccc(Nc2ncc(N)cn2)cc1. The third-order valence-electron chi connectivity index (χ3n) is 3.97. The molecule has 0 saturated carbocycles. The van der Waals surface area contributed by atoms with Crippen LogP contribution >= 0.6 is 11.9 Å². The molecule has 1 aromatic heterocycles. The maximum absolute atomic E-state index is 5.59. The number of rotatable bonds is 7. The highest BCUT2D eigenvalue weighted by Gasteiger charge is 2.12. The van der Waals surface area contributed by atoms with E-state index in [1.165, 1.54) is 30.8 Å². The van der Waals surface area contributed by atoms with Gasteiger partial charge < -0.3 is 16.0 Å². The summed E-state index contributed by atoms with van der Waals surface area (Å²) >= 11 is 1.78. The second-order valence-corrected chi connectivity index (χ2v) is 7.26. The van der Waals surface area contributed by atoms with Crippen molar-refractivity contribution in [3.05, 3.63) is 36.7 Å². The molecule has 0 bridgehead atoms. The van der Waals surface area contributed by atoms with Gasteiger partial charge in [0.2, 0.25) is 5.95 Å². The lowest BCUT2D eigenvalue weighted by molar-refractivity contribution is 0.317. The van der Waals surface area contributed by atoms with Crippen LogP contribution in [0.3, 0.4) is 0 Å². The predicted octanol–water partition coefficient (Wildman–Crippen LogP) is 2.84. The molecule has 128 valence electrons. The lowest BCUT2D eigenvalue weighted by atomic mass is 10.3. The van der Waals surface area contributed by atoms with Crippen LogP contribution in [0.2, 0.25) is 0 Å². The van der Waals surface area contributed by atoms with Crippen LogP contribution in [0.15, 0.2) is 41.6 Å². The summed E-state index contributed by atoms with van der Waals surface area (Å²) in [4.78, 5) is 12.0. The maximum Gasteiger partial charge on any atom is 0.227 e. The summed E-state index contributed by atoms with van der Waals surface area (Å²) in [5, 5.41) is 3.17. The summed E-state index contributed by atoms with van der Waals surface area (Å²) in [5.41, 5.74) is 7.11. The van der Waals surface area contributed by atoms with E-state index < -0.39 is 0 Å². The van der Waals surface area contributed by atoms with Gasteiger partial charge in [-0.3, -0.25) is 0 Å². The van der Waals surface area contributed by atoms with E-state index in [1.54, 1.807) is 24.3 Å². The number of aromatic nitrogens is 2. The average molecular weight is 344 g/mol. The molecule has 1 fully saturated rings. The Morgan fingerprint density at radius 2 is 1.83 bits per heavy atom. The number of nitrogens with two attached hydrogens (primary N) is 1. The Balaban J connectivity index is 1.47. The van der Waals surface area contributed by atoms with E-state index in [0.29, 0.717) is 11.6 Å². The van der Waals surface area contributed by atoms with E-state index in [2.05, 4.69) is 43.7 Å². The quantitative estimate of drug-likeness (QED) is 0.748. The molecular weight excluding hydrogens is 320 g/mol. The van der Waals surface area contributed by atoms with Crippen molar-refractivity contribution in [2.24, 2.45) is 0 Å². The zero-order valence-corrected chi connectivity index (χ0v) is 14.8. The summed E-state index contributed by atoms with van der Waals surface area (Å²) in [7, 11) is 2.15. The van der Waals surface area contributed by atoms with Gasteiger partial charge >= 0.3 is 0 Å². The highest BCUT2D eigenvalue weighted by Crippen LogP contribution is 2.24. The highest BCUT2D eigenvalue weighted by atomic mass is 32.2. The first-order valence-electron chi connectivity index (χ1n) is 8.25. The second-order valence-electron chi connectivity index (χ2n) is 5.98. The van der Waals surface area contributed by atoms with Gasteiger partial charge in [0, 0.05) is 23.7 Å². The van der Waals surface area contributed by atoms with Gasteiger partial charge in [0.05, 0.1) is 18.1 Å². The van der Waals surface area contributed by atoms with Crippen molar-refractivity contribution in [2.75, 3.05) is 44.3 Å². The first kappa shape index (κ1) is 17.0. The molecule has 1 aliphatic heterocycles. The Labute approximate surface area is 147 Å². The van der Waals surface area contributed by atoms with Crippen LogP contribution in [0.5, 0.6) is 0 Å². The fourth-order valence-corrected chi connectivity index (χ4v) is 3.44. The molecule has 0 aliphatic carbocycles. The smallest absolute Gasteiger partial charge is 0.227 e. The van der Waals surface area contributed by atoms with Gasteiger partial charge in [-0.2, -0.15) is 0 Å². The van der Waals surface area contributed by atoms with Crippen LogP contribution in [0.1, 0.15) is 12.8 Å². The lowest BCUT2D eigenvalue weighted by Gasteiger charge is -2.20. The van der Waals surface area contributed by atoms with Gasteiger partial charge in [-0.1, -0.05) is 0 Å². The molecule has 2 aromatic rings. The molecule has 6 nitrogen and oxygen atoms in total. The number of hydrogen-bond donors (Lipinski definition) is 2. The number of nitrogen functional groups attached to an aromatic ring is 1. The lowest BCUT2D eigenvalue weighted by Crippen LogP contribution is -2.28. The van der Waals surface area contributed by atoms with E-state index in [0.717, 1.165) is 18.8 Å². The molecule has 1 aliphatic rings. The van der Waals surface area contributed by atoms with Crippen LogP contribution < -0.4 is 11.1 Å². The highest BCUT2D eigenvalue weighted by molar-refractivity contribution is 7.97. The topological polar surface area (TPSA) is 70.3 Å². The molecule has 0 amide bonds. The normalized spacial score (nSPS) is 15.1. The molecule has 2 heterocycles. The summed E-state index contributed by atoms with van der Waals surface area (Å²) < 4.78 is 2.30. The van der Waals surface area contributed by atoms with E-state index in [-0.39, 0.29) is 0 Å². The third-order valence-corrected chi connectivity index (χ3v) is 4.95. The minimum Gasteiger partial charge on any atom is -0.396 e. The average Bonchev–Trinajstić information content (AvgIpc) is 3.10. The standard InChI is InChI=1S/C17H24N6S/c1-22(10-11-23-8-2-3-9-23)24-16-6-4-15(5-7-16)21-17-19-12-14(18)13-20-17/h4-7,12-13H,2-3,8-11,18H2,1H3,(H,19,20,21). The number of nitrogens with one attached hydrogen (secondary N) is 1. The zero-order valence-electron chi connectivity index (χ0n) is 14.0. The van der Waals surface area contributed by atoms with Gasteiger partial charge in [-0.15, -0.1) is 0 Å². The fraction of sp³-hybridized carbons (Fsp3) is 0.412. The number of likely N-dealkylation sites (tertiary alicyclic amines) is 1. The van der Waals surface area contributed by atoms with Crippen molar-refractivity contribution in [3.8, 4) is 0 Å². The summed E-state index contributed by atoms with van der Waals surface area (Å²) in [5.74, 6) is 0.548. The Kier molecular flexibility index (Phi) is 5.90. The predicted molar refractivity (Wildman–Crippen MR) is 100 cm³/mol. The van der Waals surface area contributed by atoms with Crippen LogP contribution in [-0.4, -0.2) is 52.4 Å². The molecule has 7 heteroatoms. The van der Waals surface area contributed by atoms with E-state index >= 15 is 0 Å². The van der Waals surface area contributed by atoms with Crippen LogP contribution in [0.25, 0.3) is 0 Å².